The van der Waals surface area contributed by atoms with Crippen LogP contribution in [0.15, 0.2) is 88.7 Å². The van der Waals surface area contributed by atoms with Gasteiger partial charge in [0.05, 0.1) is 12.4 Å². The Balaban J connectivity index is 1.63. The zero-order valence-corrected chi connectivity index (χ0v) is 19.6. The van der Waals surface area contributed by atoms with Gasteiger partial charge in [-0.05, 0) is 54.1 Å². The normalized spacial score (nSPS) is 11.2. The van der Waals surface area contributed by atoms with Gasteiger partial charge in [-0.25, -0.2) is 4.39 Å². The van der Waals surface area contributed by atoms with Gasteiger partial charge in [0, 0.05) is 25.1 Å². The summed E-state index contributed by atoms with van der Waals surface area (Å²) in [6.45, 7) is 1.18. The molecule has 0 aliphatic heterocycles. The van der Waals surface area contributed by atoms with E-state index >= 15 is 0 Å². The molecule has 0 saturated carbocycles. The Morgan fingerprint density at radius 3 is 2.27 bits per heavy atom. The molecule has 0 fully saturated rings. The minimum absolute atomic E-state index is 0.0277. The van der Waals surface area contributed by atoms with Crippen LogP contribution in [0, 0.1) is 5.82 Å². The molecule has 33 heavy (non-hydrogen) atoms. The third-order valence-electron chi connectivity index (χ3n) is 4.63. The van der Waals surface area contributed by atoms with E-state index in [4.69, 9.17) is 8.92 Å². The third-order valence-corrected chi connectivity index (χ3v) is 6.89. The van der Waals surface area contributed by atoms with Crippen molar-refractivity contribution in [1.82, 2.24) is 4.90 Å². The third kappa shape index (κ3) is 7.59. The Kier molecular flexibility index (Phi) is 8.87. The first-order valence-corrected chi connectivity index (χ1v) is 12.5. The largest absolute Gasteiger partial charge is 0.383 e. The van der Waals surface area contributed by atoms with E-state index in [9.17, 15) is 17.6 Å². The highest BCUT2D eigenvalue weighted by Gasteiger charge is 2.18. The standard InChI is InChI=1S/C24H24FNO5S2/c1-30-16-15-26(24(27)18-32-22-5-3-2-4-6-22)17-19-7-11-21(12-8-19)31-33(28,29)23-13-9-20(25)10-14-23/h2-14H,15-18H2,1H3. The lowest BCUT2D eigenvalue weighted by atomic mass is 10.2. The molecule has 0 saturated heterocycles. The van der Waals surface area contributed by atoms with Crippen LogP contribution in [0.25, 0.3) is 0 Å². The molecule has 0 bridgehead atoms. The number of amides is 1. The maximum Gasteiger partial charge on any atom is 0.339 e. The van der Waals surface area contributed by atoms with Crippen LogP contribution in [0.4, 0.5) is 4.39 Å². The number of thioether (sulfide) groups is 1. The Morgan fingerprint density at radius 2 is 1.64 bits per heavy atom. The molecule has 0 aliphatic rings. The molecule has 9 heteroatoms. The summed E-state index contributed by atoms with van der Waals surface area (Å²) >= 11 is 1.47. The number of ether oxygens (including phenoxy) is 1. The van der Waals surface area contributed by atoms with E-state index in [1.807, 2.05) is 30.3 Å². The van der Waals surface area contributed by atoms with Crippen molar-refractivity contribution in [3.63, 3.8) is 0 Å². The topological polar surface area (TPSA) is 72.9 Å². The van der Waals surface area contributed by atoms with Gasteiger partial charge < -0.3 is 13.8 Å². The summed E-state index contributed by atoms with van der Waals surface area (Å²) in [6, 6.07) is 20.5. The number of hydrogen-bond donors (Lipinski definition) is 0. The maximum absolute atomic E-state index is 13.0. The highest BCUT2D eigenvalue weighted by atomic mass is 32.2. The average Bonchev–Trinajstić information content (AvgIpc) is 2.82. The first-order chi connectivity index (χ1) is 15.9. The number of nitrogens with zero attached hydrogens (tertiary/aromatic N) is 1. The summed E-state index contributed by atoms with van der Waals surface area (Å²) in [5.41, 5.74) is 0.815. The highest BCUT2D eigenvalue weighted by Crippen LogP contribution is 2.21. The molecular formula is C24H24FNO5S2. The zero-order chi connectivity index (χ0) is 23.7. The minimum atomic E-state index is -4.08. The second-order valence-corrected chi connectivity index (χ2v) is 9.64. The van der Waals surface area contributed by atoms with Crippen molar-refractivity contribution in [1.29, 1.82) is 0 Å². The van der Waals surface area contributed by atoms with Gasteiger partial charge in [-0.15, -0.1) is 11.8 Å². The SMILES string of the molecule is COCCN(Cc1ccc(OS(=O)(=O)c2ccc(F)cc2)cc1)C(=O)CSc1ccccc1. The molecule has 3 rings (SSSR count). The van der Waals surface area contributed by atoms with E-state index in [1.54, 1.807) is 24.1 Å². The molecule has 0 N–H and O–H groups in total. The predicted molar refractivity (Wildman–Crippen MR) is 125 cm³/mol. The first kappa shape index (κ1) is 24.8. The highest BCUT2D eigenvalue weighted by molar-refractivity contribution is 8.00. The molecule has 0 radical (unpaired) electrons. The number of methoxy groups -OCH3 is 1. The van der Waals surface area contributed by atoms with Crippen LogP contribution in [-0.4, -0.2) is 45.2 Å². The van der Waals surface area contributed by atoms with Crippen LogP contribution >= 0.6 is 11.8 Å². The van der Waals surface area contributed by atoms with Gasteiger partial charge in [0.2, 0.25) is 5.91 Å². The number of carbonyl (C=O) groups excluding carboxylic acids is 1. The molecule has 0 aliphatic carbocycles. The smallest absolute Gasteiger partial charge is 0.339 e. The number of rotatable bonds is 11. The minimum Gasteiger partial charge on any atom is -0.383 e. The summed E-state index contributed by atoms with van der Waals surface area (Å²) in [4.78, 5) is 15.4. The zero-order valence-electron chi connectivity index (χ0n) is 18.0. The molecule has 3 aromatic rings. The molecule has 1 amide bonds. The lowest BCUT2D eigenvalue weighted by Crippen LogP contribution is -2.34. The van der Waals surface area contributed by atoms with Crippen LogP contribution < -0.4 is 4.18 Å². The van der Waals surface area contributed by atoms with Crippen LogP contribution in [0.1, 0.15) is 5.56 Å². The van der Waals surface area contributed by atoms with E-state index in [0.717, 1.165) is 34.7 Å². The quantitative estimate of drug-likeness (QED) is 0.294. The molecule has 174 valence electrons. The summed E-state index contributed by atoms with van der Waals surface area (Å²) in [5.74, 6) is -0.143. The van der Waals surface area contributed by atoms with Gasteiger partial charge >= 0.3 is 10.1 Å². The van der Waals surface area contributed by atoms with E-state index in [0.29, 0.717) is 25.4 Å². The number of benzene rings is 3. The van der Waals surface area contributed by atoms with Gasteiger partial charge in [0.15, 0.2) is 0 Å². The van der Waals surface area contributed by atoms with Crippen molar-refractivity contribution in [3.8, 4) is 5.75 Å². The Morgan fingerprint density at radius 1 is 0.970 bits per heavy atom. The van der Waals surface area contributed by atoms with Crippen LogP contribution in [-0.2, 0) is 26.2 Å². The lowest BCUT2D eigenvalue weighted by Gasteiger charge is -2.22. The van der Waals surface area contributed by atoms with Crippen molar-refractivity contribution in [2.45, 2.75) is 16.3 Å². The Hall–Kier alpha value is -2.88. The molecule has 0 spiro atoms. The van der Waals surface area contributed by atoms with Gasteiger partial charge in [-0.3, -0.25) is 4.79 Å². The van der Waals surface area contributed by atoms with Gasteiger partial charge in [0.25, 0.3) is 0 Å². The number of hydrogen-bond acceptors (Lipinski definition) is 6. The van der Waals surface area contributed by atoms with E-state index in [-0.39, 0.29) is 16.6 Å². The second kappa shape index (κ2) is 11.8. The molecule has 0 aromatic heterocycles. The van der Waals surface area contributed by atoms with E-state index in [1.165, 1.54) is 23.9 Å². The number of halogens is 1. The second-order valence-electron chi connectivity index (χ2n) is 7.05. The average molecular weight is 490 g/mol. The van der Waals surface area contributed by atoms with Crippen LogP contribution in [0.2, 0.25) is 0 Å². The fourth-order valence-electron chi connectivity index (χ4n) is 2.89. The summed E-state index contributed by atoms with van der Waals surface area (Å²) < 4.78 is 48.0. The molecule has 0 atom stereocenters. The lowest BCUT2D eigenvalue weighted by molar-refractivity contribution is -0.129. The fraction of sp³-hybridized carbons (Fsp3) is 0.208. The molecule has 3 aromatic carbocycles. The number of carbonyl (C=O) groups is 1. The predicted octanol–water partition coefficient (Wildman–Crippen LogP) is 4.36. The van der Waals surface area contributed by atoms with E-state index in [2.05, 4.69) is 0 Å². The van der Waals surface area contributed by atoms with Gasteiger partial charge in [-0.1, -0.05) is 30.3 Å². The Bertz CT molecular complexity index is 1140. The molecule has 6 nitrogen and oxygen atoms in total. The molecule has 0 unspecified atom stereocenters. The van der Waals surface area contributed by atoms with Crippen molar-refractivity contribution in [3.05, 3.63) is 90.2 Å². The van der Waals surface area contributed by atoms with Gasteiger partial charge in [-0.2, -0.15) is 8.42 Å². The monoisotopic (exact) mass is 489 g/mol. The van der Waals surface area contributed by atoms with Crippen molar-refractivity contribution >= 4 is 27.8 Å². The van der Waals surface area contributed by atoms with Crippen molar-refractivity contribution < 1.29 is 26.5 Å². The summed E-state index contributed by atoms with van der Waals surface area (Å²) in [7, 11) is -2.50. The molecule has 0 heterocycles. The maximum atomic E-state index is 13.0. The van der Waals surface area contributed by atoms with E-state index < -0.39 is 15.9 Å². The van der Waals surface area contributed by atoms with Crippen molar-refractivity contribution in [2.75, 3.05) is 26.0 Å². The fourth-order valence-corrected chi connectivity index (χ4v) is 4.65. The summed E-state index contributed by atoms with van der Waals surface area (Å²) in [6.07, 6.45) is 0. The van der Waals surface area contributed by atoms with Crippen LogP contribution in [0.3, 0.4) is 0 Å². The summed E-state index contributed by atoms with van der Waals surface area (Å²) in [5, 5.41) is 0. The van der Waals surface area contributed by atoms with Crippen molar-refractivity contribution in [2.24, 2.45) is 0 Å². The van der Waals surface area contributed by atoms with Crippen LogP contribution in [0.5, 0.6) is 5.75 Å². The molecular weight excluding hydrogens is 465 g/mol. The van der Waals surface area contributed by atoms with Gasteiger partial charge in [0.1, 0.15) is 16.5 Å². The Labute approximate surface area is 197 Å². The first-order valence-electron chi connectivity index (χ1n) is 10.1.